The molecule has 1 aromatic heterocycles. The SMILES string of the molecule is C=CCn1c(SCC(=O)Nc2ccc([N+](=O)[O-])cc2)nnc1[C@H](C)NC(=O)Cc1ccc(OC)cc1. The molecule has 3 rings (SSSR count). The van der Waals surface area contributed by atoms with Gasteiger partial charge in [-0.2, -0.15) is 0 Å². The number of carbonyl (C=O) groups is 2. The number of anilines is 1. The number of amides is 2. The Labute approximate surface area is 212 Å². The molecule has 1 atom stereocenters. The highest BCUT2D eigenvalue weighted by Gasteiger charge is 2.20. The number of methoxy groups -OCH3 is 1. The summed E-state index contributed by atoms with van der Waals surface area (Å²) in [5.41, 5.74) is 1.24. The number of nitro groups is 1. The molecule has 3 aromatic rings. The van der Waals surface area contributed by atoms with Crippen molar-refractivity contribution in [3.8, 4) is 5.75 Å². The Morgan fingerprint density at radius 1 is 1.17 bits per heavy atom. The largest absolute Gasteiger partial charge is 0.497 e. The third-order valence-corrected chi connectivity index (χ3v) is 6.01. The van der Waals surface area contributed by atoms with Gasteiger partial charge in [0.15, 0.2) is 11.0 Å². The Morgan fingerprint density at radius 2 is 1.86 bits per heavy atom. The summed E-state index contributed by atoms with van der Waals surface area (Å²) >= 11 is 1.18. The van der Waals surface area contributed by atoms with E-state index >= 15 is 0 Å². The van der Waals surface area contributed by atoms with Crippen LogP contribution in [0.3, 0.4) is 0 Å². The highest BCUT2D eigenvalue weighted by Crippen LogP contribution is 2.22. The van der Waals surface area contributed by atoms with Crippen molar-refractivity contribution in [2.24, 2.45) is 0 Å². The van der Waals surface area contributed by atoms with E-state index in [-0.39, 0.29) is 29.7 Å². The number of rotatable bonds is 12. The number of nitro benzene ring substituents is 1. The zero-order valence-corrected chi connectivity index (χ0v) is 20.7. The molecule has 0 spiro atoms. The van der Waals surface area contributed by atoms with E-state index < -0.39 is 11.0 Å². The summed E-state index contributed by atoms with van der Waals surface area (Å²) in [5.74, 6) is 0.833. The minimum Gasteiger partial charge on any atom is -0.497 e. The van der Waals surface area contributed by atoms with Crippen LogP contribution in [0.25, 0.3) is 0 Å². The van der Waals surface area contributed by atoms with E-state index in [1.54, 1.807) is 29.9 Å². The summed E-state index contributed by atoms with van der Waals surface area (Å²) in [5, 5.41) is 25.3. The molecule has 2 aromatic carbocycles. The van der Waals surface area contributed by atoms with Crippen molar-refractivity contribution in [1.29, 1.82) is 0 Å². The number of non-ortho nitro benzene ring substituents is 1. The molecule has 0 aliphatic carbocycles. The fourth-order valence-electron chi connectivity index (χ4n) is 3.31. The van der Waals surface area contributed by atoms with Gasteiger partial charge in [-0.25, -0.2) is 0 Å². The summed E-state index contributed by atoms with van der Waals surface area (Å²) in [4.78, 5) is 35.2. The highest BCUT2D eigenvalue weighted by atomic mass is 32.2. The molecule has 0 saturated heterocycles. The van der Waals surface area contributed by atoms with Crippen molar-refractivity contribution in [1.82, 2.24) is 20.1 Å². The Kier molecular flexibility index (Phi) is 9.17. The van der Waals surface area contributed by atoms with E-state index in [1.807, 2.05) is 19.1 Å². The summed E-state index contributed by atoms with van der Waals surface area (Å²) in [6, 6.07) is 12.4. The summed E-state index contributed by atoms with van der Waals surface area (Å²) < 4.78 is 6.92. The van der Waals surface area contributed by atoms with Crippen molar-refractivity contribution < 1.29 is 19.2 Å². The fraction of sp³-hybridized carbons (Fsp3) is 0.250. The molecular formula is C24H26N6O5S. The molecule has 36 heavy (non-hydrogen) atoms. The van der Waals surface area contributed by atoms with Gasteiger partial charge < -0.3 is 19.9 Å². The number of nitrogens with zero attached hydrogens (tertiary/aromatic N) is 4. The molecule has 0 fully saturated rings. The first-order valence-corrected chi connectivity index (χ1v) is 11.9. The molecule has 1 heterocycles. The molecule has 2 amide bonds. The van der Waals surface area contributed by atoms with Crippen LogP contribution in [0.5, 0.6) is 5.75 Å². The summed E-state index contributed by atoms with van der Waals surface area (Å²) in [6.45, 7) is 5.98. The molecule has 0 aliphatic heterocycles. The molecule has 2 N–H and O–H groups in total. The van der Waals surface area contributed by atoms with E-state index in [0.29, 0.717) is 23.2 Å². The number of ether oxygens (including phenoxy) is 1. The maximum Gasteiger partial charge on any atom is 0.269 e. The predicted molar refractivity (Wildman–Crippen MR) is 136 cm³/mol. The maximum atomic E-state index is 12.6. The van der Waals surface area contributed by atoms with Crippen molar-refractivity contribution in [3.05, 3.63) is 82.7 Å². The Hall–Kier alpha value is -4.19. The van der Waals surface area contributed by atoms with Crippen LogP contribution in [0.15, 0.2) is 66.3 Å². The second kappa shape index (κ2) is 12.5. The zero-order valence-electron chi connectivity index (χ0n) is 19.8. The molecule has 0 radical (unpaired) electrons. The molecule has 0 bridgehead atoms. The monoisotopic (exact) mass is 510 g/mol. The topological polar surface area (TPSA) is 141 Å². The van der Waals surface area contributed by atoms with Crippen molar-refractivity contribution in [3.63, 3.8) is 0 Å². The number of thioether (sulfide) groups is 1. The summed E-state index contributed by atoms with van der Waals surface area (Å²) in [6.07, 6.45) is 1.88. The van der Waals surface area contributed by atoms with Gasteiger partial charge in [-0.3, -0.25) is 19.7 Å². The number of hydrogen-bond donors (Lipinski definition) is 2. The molecule has 12 heteroatoms. The molecule has 0 aliphatic rings. The Balaban J connectivity index is 1.59. The van der Waals surface area contributed by atoms with Crippen molar-refractivity contribution in [2.45, 2.75) is 31.1 Å². The van der Waals surface area contributed by atoms with Gasteiger partial charge >= 0.3 is 0 Å². The lowest BCUT2D eigenvalue weighted by molar-refractivity contribution is -0.384. The number of nitrogens with one attached hydrogen (secondary N) is 2. The number of carbonyl (C=O) groups excluding carboxylic acids is 2. The Morgan fingerprint density at radius 3 is 2.47 bits per heavy atom. The van der Waals surface area contributed by atoms with Crippen LogP contribution in [0, 0.1) is 10.1 Å². The van der Waals surface area contributed by atoms with Gasteiger partial charge in [0.1, 0.15) is 5.75 Å². The van der Waals surface area contributed by atoms with E-state index in [0.717, 1.165) is 11.3 Å². The van der Waals surface area contributed by atoms with Crippen LogP contribution in [0.2, 0.25) is 0 Å². The molecular weight excluding hydrogens is 484 g/mol. The van der Waals surface area contributed by atoms with Crippen molar-refractivity contribution >= 4 is 35.0 Å². The Bertz CT molecular complexity index is 1230. The van der Waals surface area contributed by atoms with Gasteiger partial charge in [0.25, 0.3) is 5.69 Å². The number of aromatic nitrogens is 3. The van der Waals surface area contributed by atoms with E-state index in [2.05, 4.69) is 27.4 Å². The van der Waals surface area contributed by atoms with Crippen LogP contribution in [0.1, 0.15) is 24.4 Å². The average molecular weight is 511 g/mol. The van der Waals surface area contributed by atoms with Crippen LogP contribution in [-0.4, -0.2) is 44.4 Å². The second-order valence-corrected chi connectivity index (χ2v) is 8.64. The quantitative estimate of drug-likeness (QED) is 0.163. The smallest absolute Gasteiger partial charge is 0.269 e. The van der Waals surface area contributed by atoms with Gasteiger partial charge in [0, 0.05) is 24.4 Å². The lowest BCUT2D eigenvalue weighted by Gasteiger charge is -2.15. The minimum absolute atomic E-state index is 0.0461. The van der Waals surface area contributed by atoms with E-state index in [1.165, 1.54) is 36.0 Å². The predicted octanol–water partition coefficient (Wildman–Crippen LogP) is 3.53. The third-order valence-electron chi connectivity index (χ3n) is 5.04. The summed E-state index contributed by atoms with van der Waals surface area (Å²) in [7, 11) is 1.58. The molecule has 11 nitrogen and oxygen atoms in total. The van der Waals surface area contributed by atoms with Crippen LogP contribution in [0.4, 0.5) is 11.4 Å². The third kappa shape index (κ3) is 7.15. The van der Waals surface area contributed by atoms with Crippen molar-refractivity contribution in [2.75, 3.05) is 18.2 Å². The number of allylic oxidation sites excluding steroid dienone is 1. The second-order valence-electron chi connectivity index (χ2n) is 7.69. The average Bonchev–Trinajstić information content (AvgIpc) is 3.26. The number of benzene rings is 2. The molecule has 0 saturated carbocycles. The molecule has 188 valence electrons. The lowest BCUT2D eigenvalue weighted by Crippen LogP contribution is -2.30. The first kappa shape index (κ1) is 26.4. The van der Waals surface area contributed by atoms with Gasteiger partial charge in [0.05, 0.1) is 30.2 Å². The maximum absolute atomic E-state index is 12.6. The normalized spacial score (nSPS) is 11.4. The zero-order chi connectivity index (χ0) is 26.1. The van der Waals surface area contributed by atoms with Gasteiger partial charge in [-0.15, -0.1) is 16.8 Å². The fourth-order valence-corrected chi connectivity index (χ4v) is 4.06. The molecule has 0 unspecified atom stereocenters. The van der Waals surface area contributed by atoms with Gasteiger partial charge in [0.2, 0.25) is 11.8 Å². The van der Waals surface area contributed by atoms with Crippen LogP contribution < -0.4 is 15.4 Å². The first-order chi connectivity index (χ1) is 17.3. The van der Waals surface area contributed by atoms with Gasteiger partial charge in [-0.05, 0) is 36.8 Å². The van der Waals surface area contributed by atoms with Crippen LogP contribution >= 0.6 is 11.8 Å². The standard InChI is InChI=1S/C24H26N6O5S/c1-4-13-29-23(16(2)25-21(31)14-17-5-11-20(35-3)12-6-17)27-28-24(29)36-15-22(32)26-18-7-9-19(10-8-18)30(33)34/h4-12,16H,1,13-15H2,2-3H3,(H,25,31)(H,26,32)/t16-/m0/s1. The minimum atomic E-state index is -0.506. The van der Waals surface area contributed by atoms with E-state index in [9.17, 15) is 19.7 Å². The number of hydrogen-bond acceptors (Lipinski definition) is 8. The van der Waals surface area contributed by atoms with Crippen LogP contribution in [-0.2, 0) is 22.6 Å². The lowest BCUT2D eigenvalue weighted by atomic mass is 10.1. The first-order valence-electron chi connectivity index (χ1n) is 10.9. The van der Waals surface area contributed by atoms with Gasteiger partial charge in [-0.1, -0.05) is 30.0 Å². The van der Waals surface area contributed by atoms with E-state index in [4.69, 9.17) is 4.74 Å². The highest BCUT2D eigenvalue weighted by molar-refractivity contribution is 7.99.